The van der Waals surface area contributed by atoms with Gasteiger partial charge in [-0.05, 0) is 29.1 Å². The van der Waals surface area contributed by atoms with Crippen molar-refractivity contribution in [3.05, 3.63) is 30.3 Å². The number of hydrogen-bond acceptors (Lipinski definition) is 6. The van der Waals surface area contributed by atoms with Crippen LogP contribution in [0, 0.1) is 0 Å². The summed E-state index contributed by atoms with van der Waals surface area (Å²) in [7, 11) is -8.21. The first kappa shape index (κ1) is 23.2. The maximum Gasteiger partial charge on any atom is 0.265 e. The molecule has 0 spiro atoms. The van der Waals surface area contributed by atoms with Gasteiger partial charge in [0.05, 0.1) is 11.5 Å². The number of benzene rings is 1. The third kappa shape index (κ3) is 13.1. The van der Waals surface area contributed by atoms with Crippen molar-refractivity contribution in [2.24, 2.45) is 0 Å². The number of thioether (sulfide) groups is 2. The predicted octanol–water partition coefficient (Wildman–Crippen LogP) is 2.04. The molecular weight excluding hydrogens is 423 g/mol. The van der Waals surface area contributed by atoms with Crippen LogP contribution in [-0.2, 0) is 20.2 Å². The summed E-state index contributed by atoms with van der Waals surface area (Å²) in [6.45, 7) is 0. The standard InChI is InChI=1S/C14H23O6PS4/c15-24(16,17)12-10-22-8-6-21(14-4-2-1-3-5-14)7-9-23-11-13-25(18,19)20/h1-5H,6-13H2,(H,15,16,17)(H,18,19,20). The van der Waals surface area contributed by atoms with Crippen LogP contribution in [0.3, 0.4) is 0 Å². The molecule has 0 saturated carbocycles. The van der Waals surface area contributed by atoms with E-state index in [0.717, 1.165) is 23.8 Å². The molecule has 25 heavy (non-hydrogen) atoms. The Morgan fingerprint density at radius 2 is 1.20 bits per heavy atom. The molecule has 1 aromatic rings. The van der Waals surface area contributed by atoms with Gasteiger partial charge in [-0.1, -0.05) is 38.3 Å². The topological polar surface area (TPSA) is 109 Å². The highest BCUT2D eigenvalue weighted by molar-refractivity contribution is 8.01. The van der Waals surface area contributed by atoms with Gasteiger partial charge in [0, 0.05) is 11.5 Å². The first-order chi connectivity index (χ1) is 11.7. The third-order valence-corrected chi connectivity index (χ3v) is 10.2. The van der Waals surface area contributed by atoms with Crippen LogP contribution < -0.4 is 5.30 Å². The van der Waals surface area contributed by atoms with Crippen molar-refractivity contribution in [1.82, 2.24) is 0 Å². The lowest BCUT2D eigenvalue weighted by Gasteiger charge is -2.18. The Balaban J connectivity index is 2.40. The lowest BCUT2D eigenvalue weighted by atomic mass is 10.4. The van der Waals surface area contributed by atoms with E-state index in [1.165, 1.54) is 28.8 Å². The van der Waals surface area contributed by atoms with Gasteiger partial charge in [-0.25, -0.2) is 0 Å². The van der Waals surface area contributed by atoms with Gasteiger partial charge in [0.15, 0.2) is 0 Å². The first-order valence-electron chi connectivity index (χ1n) is 7.53. The van der Waals surface area contributed by atoms with Gasteiger partial charge in [0.25, 0.3) is 20.2 Å². The SMILES string of the molecule is O=S(=O)(O)CCSCCP(CCSCCS(=O)(=O)O)c1ccccc1. The minimum atomic E-state index is -3.90. The second-order valence-corrected chi connectivity index (χ2v) is 13.2. The van der Waals surface area contributed by atoms with E-state index >= 15 is 0 Å². The van der Waals surface area contributed by atoms with E-state index in [1.807, 2.05) is 18.2 Å². The van der Waals surface area contributed by atoms with Crippen molar-refractivity contribution in [3.8, 4) is 0 Å². The lowest BCUT2D eigenvalue weighted by Crippen LogP contribution is -2.11. The Kier molecular flexibility index (Phi) is 10.9. The van der Waals surface area contributed by atoms with Gasteiger partial charge in [-0.15, -0.1) is 0 Å². The van der Waals surface area contributed by atoms with E-state index in [0.29, 0.717) is 11.5 Å². The molecule has 0 heterocycles. The van der Waals surface area contributed by atoms with Crippen molar-refractivity contribution < 1.29 is 25.9 Å². The Labute approximate surface area is 159 Å². The molecule has 6 nitrogen and oxygen atoms in total. The van der Waals surface area contributed by atoms with Crippen molar-refractivity contribution in [1.29, 1.82) is 0 Å². The Hall–Kier alpha value is 0.170. The zero-order valence-corrected chi connectivity index (χ0v) is 17.8. The molecule has 0 atom stereocenters. The Morgan fingerprint density at radius 1 is 0.760 bits per heavy atom. The second kappa shape index (κ2) is 11.8. The lowest BCUT2D eigenvalue weighted by molar-refractivity contribution is 0.483. The van der Waals surface area contributed by atoms with Gasteiger partial charge < -0.3 is 0 Å². The summed E-state index contributed by atoms with van der Waals surface area (Å²) in [5.41, 5.74) is 0. The molecule has 1 rings (SSSR count). The summed E-state index contributed by atoms with van der Waals surface area (Å²) in [6.07, 6.45) is 1.88. The average molecular weight is 447 g/mol. The van der Waals surface area contributed by atoms with Gasteiger partial charge in [0.2, 0.25) is 0 Å². The summed E-state index contributed by atoms with van der Waals surface area (Å²) < 4.78 is 60.3. The molecule has 0 aliphatic heterocycles. The summed E-state index contributed by atoms with van der Waals surface area (Å²) >= 11 is 3.02. The third-order valence-electron chi connectivity index (χ3n) is 3.10. The van der Waals surface area contributed by atoms with Crippen LogP contribution >= 0.6 is 31.4 Å². The molecule has 0 bridgehead atoms. The van der Waals surface area contributed by atoms with E-state index < -0.39 is 28.2 Å². The van der Waals surface area contributed by atoms with Crippen LogP contribution in [0.2, 0.25) is 0 Å². The van der Waals surface area contributed by atoms with Crippen LogP contribution in [0.25, 0.3) is 0 Å². The predicted molar refractivity (Wildman–Crippen MR) is 110 cm³/mol. The second-order valence-electron chi connectivity index (χ2n) is 5.12. The average Bonchev–Trinajstić information content (AvgIpc) is 2.51. The number of hydrogen-bond donors (Lipinski definition) is 2. The maximum atomic E-state index is 10.7. The fourth-order valence-electron chi connectivity index (χ4n) is 1.89. The molecule has 144 valence electrons. The van der Waals surface area contributed by atoms with Crippen molar-refractivity contribution in [3.63, 3.8) is 0 Å². The zero-order valence-electron chi connectivity index (χ0n) is 13.7. The highest BCUT2D eigenvalue weighted by Crippen LogP contribution is 2.35. The van der Waals surface area contributed by atoms with Crippen LogP contribution in [0.5, 0.6) is 0 Å². The van der Waals surface area contributed by atoms with Crippen LogP contribution in [0.4, 0.5) is 0 Å². The summed E-state index contributed by atoms with van der Waals surface area (Å²) in [5, 5.41) is 1.27. The van der Waals surface area contributed by atoms with Gasteiger partial charge in [-0.2, -0.15) is 40.4 Å². The smallest absolute Gasteiger partial charge is 0.265 e. The minimum Gasteiger partial charge on any atom is -0.286 e. The monoisotopic (exact) mass is 446 g/mol. The molecule has 1 aromatic carbocycles. The molecule has 0 saturated heterocycles. The fourth-order valence-corrected chi connectivity index (χ4v) is 9.06. The summed E-state index contributed by atoms with van der Waals surface area (Å²) in [5.74, 6) is 1.91. The molecular formula is C14H23O6PS4. The Bertz CT molecular complexity index is 651. The summed E-state index contributed by atoms with van der Waals surface area (Å²) in [6, 6.07) is 10.1. The normalized spacial score (nSPS) is 12.6. The minimum absolute atomic E-state index is 0.230. The molecule has 11 heteroatoms. The zero-order chi connectivity index (χ0) is 18.8. The molecule has 0 unspecified atom stereocenters. The quantitative estimate of drug-likeness (QED) is 0.269. The largest absolute Gasteiger partial charge is 0.286 e. The van der Waals surface area contributed by atoms with E-state index in [2.05, 4.69) is 12.1 Å². The highest BCUT2D eigenvalue weighted by atomic mass is 32.2. The fraction of sp³-hybridized carbons (Fsp3) is 0.571. The molecule has 0 radical (unpaired) electrons. The Morgan fingerprint density at radius 3 is 1.60 bits per heavy atom. The molecule has 0 amide bonds. The van der Waals surface area contributed by atoms with Crippen LogP contribution in [-0.4, -0.2) is 72.8 Å². The molecule has 0 aromatic heterocycles. The molecule has 2 N–H and O–H groups in total. The molecule has 0 aliphatic rings. The maximum absolute atomic E-state index is 10.7. The van der Waals surface area contributed by atoms with E-state index in [9.17, 15) is 16.8 Å². The van der Waals surface area contributed by atoms with Crippen molar-refractivity contribution in [2.75, 3.05) is 46.8 Å². The molecule has 0 aliphatic carbocycles. The van der Waals surface area contributed by atoms with E-state index in [1.54, 1.807) is 0 Å². The van der Waals surface area contributed by atoms with E-state index in [4.69, 9.17) is 9.11 Å². The molecule has 0 fully saturated rings. The summed E-state index contributed by atoms with van der Waals surface area (Å²) in [4.78, 5) is 0. The van der Waals surface area contributed by atoms with Crippen molar-refractivity contribution in [2.45, 2.75) is 0 Å². The van der Waals surface area contributed by atoms with Crippen molar-refractivity contribution >= 4 is 57.0 Å². The van der Waals surface area contributed by atoms with Gasteiger partial charge >= 0.3 is 0 Å². The van der Waals surface area contributed by atoms with Crippen LogP contribution in [0.15, 0.2) is 30.3 Å². The highest BCUT2D eigenvalue weighted by Gasteiger charge is 2.12. The van der Waals surface area contributed by atoms with Crippen LogP contribution in [0.1, 0.15) is 0 Å². The van der Waals surface area contributed by atoms with Gasteiger partial charge in [0.1, 0.15) is 0 Å². The number of rotatable bonds is 13. The van der Waals surface area contributed by atoms with Gasteiger partial charge in [-0.3, -0.25) is 9.11 Å². The van der Waals surface area contributed by atoms with E-state index in [-0.39, 0.29) is 11.5 Å². The first-order valence-corrected chi connectivity index (χ1v) is 14.8.